The molecular formula is C23H31N3O5. The lowest BCUT2D eigenvalue weighted by molar-refractivity contribution is -0.150. The molecule has 1 atom stereocenters. The van der Waals surface area contributed by atoms with Crippen LogP contribution in [0.3, 0.4) is 0 Å². The predicted octanol–water partition coefficient (Wildman–Crippen LogP) is 2.59. The SMILES string of the molecule is Cc1[nH]c2c(C(=O)N3CCC4(CC3)CC(CN(C)C)OC4=O)cccc2c1C.O=CO. The number of benzene rings is 1. The van der Waals surface area contributed by atoms with Gasteiger partial charge in [-0.2, -0.15) is 0 Å². The fraction of sp³-hybridized carbons (Fsp3) is 0.522. The van der Waals surface area contributed by atoms with Gasteiger partial charge in [-0.05, 0) is 52.4 Å². The number of carboxylic acid groups (broad SMARTS) is 1. The Morgan fingerprint density at radius 1 is 1.32 bits per heavy atom. The fourth-order valence-electron chi connectivity index (χ4n) is 4.72. The summed E-state index contributed by atoms with van der Waals surface area (Å²) >= 11 is 0. The molecule has 31 heavy (non-hydrogen) atoms. The van der Waals surface area contributed by atoms with Crippen molar-refractivity contribution in [3.63, 3.8) is 0 Å². The number of nitrogens with one attached hydrogen (secondary N) is 1. The van der Waals surface area contributed by atoms with Crippen LogP contribution in [-0.2, 0) is 14.3 Å². The number of likely N-dealkylation sites (N-methyl/N-ethyl adjacent to an activating group) is 1. The minimum Gasteiger partial charge on any atom is -0.483 e. The first-order valence-corrected chi connectivity index (χ1v) is 10.5. The van der Waals surface area contributed by atoms with Crippen LogP contribution >= 0.6 is 0 Å². The molecule has 2 aliphatic heterocycles. The lowest BCUT2D eigenvalue weighted by atomic mass is 9.76. The quantitative estimate of drug-likeness (QED) is 0.574. The smallest absolute Gasteiger partial charge is 0.312 e. The number of esters is 1. The van der Waals surface area contributed by atoms with Gasteiger partial charge in [0.15, 0.2) is 0 Å². The Bertz CT molecular complexity index is 973. The molecule has 3 heterocycles. The van der Waals surface area contributed by atoms with E-state index in [1.54, 1.807) is 0 Å². The summed E-state index contributed by atoms with van der Waals surface area (Å²) in [5.74, 6) is -0.0397. The normalized spacial score (nSPS) is 20.0. The zero-order chi connectivity index (χ0) is 22.8. The van der Waals surface area contributed by atoms with E-state index in [0.717, 1.165) is 29.6 Å². The molecule has 1 amide bonds. The Morgan fingerprint density at radius 2 is 1.97 bits per heavy atom. The van der Waals surface area contributed by atoms with Crippen molar-refractivity contribution in [2.24, 2.45) is 5.41 Å². The van der Waals surface area contributed by atoms with E-state index in [1.165, 1.54) is 5.56 Å². The van der Waals surface area contributed by atoms with Gasteiger partial charge in [-0.25, -0.2) is 0 Å². The van der Waals surface area contributed by atoms with Crippen molar-refractivity contribution in [1.82, 2.24) is 14.8 Å². The van der Waals surface area contributed by atoms with Gasteiger partial charge >= 0.3 is 5.97 Å². The van der Waals surface area contributed by atoms with E-state index in [1.807, 2.05) is 38.1 Å². The van der Waals surface area contributed by atoms with Gasteiger partial charge < -0.3 is 24.6 Å². The van der Waals surface area contributed by atoms with Crippen molar-refractivity contribution in [2.75, 3.05) is 33.7 Å². The Hall–Kier alpha value is -2.87. The van der Waals surface area contributed by atoms with Crippen LogP contribution < -0.4 is 0 Å². The number of H-pyrrole nitrogens is 1. The number of amides is 1. The van der Waals surface area contributed by atoms with Crippen LogP contribution in [0.2, 0.25) is 0 Å². The number of aromatic amines is 1. The number of aromatic nitrogens is 1. The third-order valence-corrected chi connectivity index (χ3v) is 6.48. The highest BCUT2D eigenvalue weighted by Gasteiger charge is 2.50. The molecular weight excluding hydrogens is 398 g/mol. The molecule has 1 aromatic carbocycles. The predicted molar refractivity (Wildman–Crippen MR) is 117 cm³/mol. The lowest BCUT2D eigenvalue weighted by Crippen LogP contribution is -2.45. The van der Waals surface area contributed by atoms with Crippen LogP contribution in [0.15, 0.2) is 18.2 Å². The Labute approximate surface area is 182 Å². The van der Waals surface area contributed by atoms with Crippen molar-refractivity contribution in [1.29, 1.82) is 0 Å². The van der Waals surface area contributed by atoms with Gasteiger partial charge in [0.1, 0.15) is 6.10 Å². The second-order valence-corrected chi connectivity index (χ2v) is 8.77. The number of hydrogen-bond donors (Lipinski definition) is 2. The monoisotopic (exact) mass is 429 g/mol. The summed E-state index contributed by atoms with van der Waals surface area (Å²) in [5.41, 5.74) is 3.48. The second-order valence-electron chi connectivity index (χ2n) is 8.77. The Kier molecular flexibility index (Phi) is 6.69. The number of hydrogen-bond acceptors (Lipinski definition) is 5. The maximum atomic E-state index is 13.2. The van der Waals surface area contributed by atoms with E-state index in [-0.39, 0.29) is 24.5 Å². The van der Waals surface area contributed by atoms with Crippen LogP contribution in [0, 0.1) is 19.3 Å². The van der Waals surface area contributed by atoms with Gasteiger partial charge in [-0.15, -0.1) is 0 Å². The van der Waals surface area contributed by atoms with Crippen molar-refractivity contribution >= 4 is 29.3 Å². The van der Waals surface area contributed by atoms with Crippen LogP contribution in [0.1, 0.15) is 40.9 Å². The van der Waals surface area contributed by atoms with Crippen LogP contribution in [-0.4, -0.2) is 78.1 Å². The zero-order valence-corrected chi connectivity index (χ0v) is 18.6. The number of carbonyl (C=O) groups is 3. The first-order valence-electron chi connectivity index (χ1n) is 10.5. The van der Waals surface area contributed by atoms with E-state index in [0.29, 0.717) is 31.5 Å². The van der Waals surface area contributed by atoms with Gasteiger partial charge in [0.05, 0.1) is 16.5 Å². The topological polar surface area (TPSA) is 103 Å². The lowest BCUT2D eigenvalue weighted by Gasteiger charge is -2.36. The molecule has 0 aliphatic carbocycles. The molecule has 0 saturated carbocycles. The van der Waals surface area contributed by atoms with Crippen molar-refractivity contribution in [2.45, 2.75) is 39.2 Å². The summed E-state index contributed by atoms with van der Waals surface area (Å²) < 4.78 is 5.63. The fourth-order valence-corrected chi connectivity index (χ4v) is 4.72. The zero-order valence-electron chi connectivity index (χ0n) is 18.6. The van der Waals surface area contributed by atoms with Gasteiger partial charge in [0.25, 0.3) is 12.4 Å². The number of carbonyl (C=O) groups excluding carboxylic acids is 2. The number of aryl methyl sites for hydroxylation is 2. The first-order chi connectivity index (χ1) is 14.7. The molecule has 0 bridgehead atoms. The molecule has 1 unspecified atom stereocenters. The number of para-hydroxylation sites is 1. The minimum absolute atomic E-state index is 0.0385. The third kappa shape index (κ3) is 4.44. The van der Waals surface area contributed by atoms with Crippen LogP contribution in [0.4, 0.5) is 0 Å². The average molecular weight is 430 g/mol. The van der Waals surface area contributed by atoms with Gasteiger partial charge in [0.2, 0.25) is 0 Å². The molecule has 0 radical (unpaired) electrons. The number of ether oxygens (including phenoxy) is 1. The standard InChI is InChI=1S/C22H29N3O3.CH2O2/c1-14-15(2)23-19-17(14)6-5-7-18(19)20(26)25-10-8-22(9-11-25)12-16(13-24(3)4)28-21(22)27;2-1-3/h5-7,16,23H,8-13H2,1-4H3;1H,(H,2,3). The summed E-state index contributed by atoms with van der Waals surface area (Å²) in [7, 11) is 3.98. The highest BCUT2D eigenvalue weighted by Crippen LogP contribution is 2.43. The molecule has 2 fully saturated rings. The first kappa shape index (κ1) is 22.8. The molecule has 2 N–H and O–H groups in total. The third-order valence-electron chi connectivity index (χ3n) is 6.48. The Morgan fingerprint density at radius 3 is 2.58 bits per heavy atom. The van der Waals surface area contributed by atoms with E-state index in [2.05, 4.69) is 22.9 Å². The molecule has 2 aromatic rings. The minimum atomic E-state index is -0.414. The largest absolute Gasteiger partial charge is 0.483 e. The molecule has 168 valence electrons. The number of rotatable bonds is 3. The molecule has 1 aromatic heterocycles. The van der Waals surface area contributed by atoms with Gasteiger partial charge in [0, 0.05) is 37.1 Å². The number of likely N-dealkylation sites (tertiary alicyclic amines) is 1. The van der Waals surface area contributed by atoms with E-state index >= 15 is 0 Å². The van der Waals surface area contributed by atoms with Crippen LogP contribution in [0.25, 0.3) is 10.9 Å². The summed E-state index contributed by atoms with van der Waals surface area (Å²) in [6.07, 6.45) is 2.08. The molecule has 2 aliphatic rings. The van der Waals surface area contributed by atoms with Crippen molar-refractivity contribution < 1.29 is 24.2 Å². The van der Waals surface area contributed by atoms with E-state index in [9.17, 15) is 9.59 Å². The molecule has 1 spiro atoms. The maximum Gasteiger partial charge on any atom is 0.312 e. The highest BCUT2D eigenvalue weighted by molar-refractivity contribution is 6.06. The number of fused-ring (bicyclic) bond motifs is 1. The van der Waals surface area contributed by atoms with Crippen molar-refractivity contribution in [3.8, 4) is 0 Å². The summed E-state index contributed by atoms with van der Waals surface area (Å²) in [5, 5.41) is 7.99. The number of piperidine rings is 1. The second kappa shape index (κ2) is 9.09. The molecule has 4 rings (SSSR count). The summed E-state index contributed by atoms with van der Waals surface area (Å²) in [6, 6.07) is 5.89. The van der Waals surface area contributed by atoms with Gasteiger partial charge in [-0.3, -0.25) is 14.4 Å². The molecule has 2 saturated heterocycles. The van der Waals surface area contributed by atoms with Gasteiger partial charge in [-0.1, -0.05) is 12.1 Å². The van der Waals surface area contributed by atoms with E-state index < -0.39 is 5.41 Å². The highest BCUT2D eigenvalue weighted by atomic mass is 16.6. The van der Waals surface area contributed by atoms with E-state index in [4.69, 9.17) is 14.6 Å². The molecule has 8 nitrogen and oxygen atoms in total. The molecule has 8 heteroatoms. The van der Waals surface area contributed by atoms with Crippen LogP contribution in [0.5, 0.6) is 0 Å². The number of cyclic esters (lactones) is 1. The maximum absolute atomic E-state index is 13.2. The average Bonchev–Trinajstić information content (AvgIpc) is 3.18. The Balaban J connectivity index is 0.000000858. The summed E-state index contributed by atoms with van der Waals surface area (Å²) in [4.78, 5) is 41.4. The summed E-state index contributed by atoms with van der Waals surface area (Å²) in [6.45, 7) is 5.80. The number of nitrogens with zero attached hydrogens (tertiary/aromatic N) is 2. The van der Waals surface area contributed by atoms with Crippen molar-refractivity contribution in [3.05, 3.63) is 35.0 Å².